The second kappa shape index (κ2) is 6.22. The van der Waals surface area contributed by atoms with Crippen LogP contribution in [0.5, 0.6) is 0 Å². The van der Waals surface area contributed by atoms with Crippen LogP contribution in [-0.2, 0) is 13.0 Å². The molecule has 1 atom stereocenters. The maximum Gasteiger partial charge on any atom is 0.113 e. The Morgan fingerprint density at radius 3 is 2.84 bits per heavy atom. The third-order valence-electron chi connectivity index (χ3n) is 3.47. The largest absolute Gasteiger partial charge is 0.335 e. The van der Waals surface area contributed by atoms with E-state index < -0.39 is 0 Å². The van der Waals surface area contributed by atoms with E-state index in [0.29, 0.717) is 0 Å². The Balaban J connectivity index is 2.21. The lowest BCUT2D eigenvalue weighted by Gasteiger charge is -2.13. The van der Waals surface area contributed by atoms with Gasteiger partial charge >= 0.3 is 0 Å². The van der Waals surface area contributed by atoms with Crippen molar-refractivity contribution < 1.29 is 0 Å². The number of nitrogens with one attached hydrogen (secondary N) is 1. The second-order valence-electron chi connectivity index (χ2n) is 4.67. The summed E-state index contributed by atoms with van der Waals surface area (Å²) in [7, 11) is 1.94. The molecule has 1 N–H and O–H groups in total. The van der Waals surface area contributed by atoms with Gasteiger partial charge in [0.2, 0.25) is 0 Å². The highest BCUT2D eigenvalue weighted by Crippen LogP contribution is 2.24. The highest BCUT2D eigenvalue weighted by atomic mass is 35.5. The van der Waals surface area contributed by atoms with Crippen LogP contribution >= 0.6 is 11.6 Å². The van der Waals surface area contributed by atoms with E-state index in [1.54, 1.807) is 0 Å². The van der Waals surface area contributed by atoms with Gasteiger partial charge in [-0.1, -0.05) is 23.7 Å². The van der Waals surface area contributed by atoms with E-state index in [4.69, 9.17) is 11.6 Å². The van der Waals surface area contributed by atoms with Gasteiger partial charge in [0.1, 0.15) is 5.82 Å². The Hall–Kier alpha value is -1.32. The molecule has 0 saturated carbocycles. The number of nitrogens with zero attached hydrogens (tertiary/aromatic N) is 2. The van der Waals surface area contributed by atoms with Gasteiger partial charge in [-0.15, -0.1) is 0 Å². The molecule has 1 heterocycles. The van der Waals surface area contributed by atoms with Gasteiger partial charge in [-0.05, 0) is 38.1 Å². The third-order valence-corrected chi connectivity index (χ3v) is 3.80. The number of imidazole rings is 1. The molecule has 0 radical (unpaired) electrons. The van der Waals surface area contributed by atoms with Gasteiger partial charge in [-0.3, -0.25) is 0 Å². The molecule has 0 aliphatic heterocycles. The number of aromatic nitrogens is 2. The number of hydrogen-bond acceptors (Lipinski definition) is 2. The smallest absolute Gasteiger partial charge is 0.113 e. The van der Waals surface area contributed by atoms with Crippen LogP contribution in [-0.4, -0.2) is 16.6 Å². The Labute approximate surface area is 119 Å². The van der Waals surface area contributed by atoms with Crippen LogP contribution in [0.3, 0.4) is 0 Å². The van der Waals surface area contributed by atoms with E-state index in [1.165, 1.54) is 5.56 Å². The zero-order valence-electron chi connectivity index (χ0n) is 11.7. The Kier molecular flexibility index (Phi) is 4.61. The molecule has 2 aromatic rings. The van der Waals surface area contributed by atoms with Crippen LogP contribution in [0.1, 0.15) is 36.8 Å². The first-order chi connectivity index (χ1) is 9.15. The van der Waals surface area contributed by atoms with Crippen molar-refractivity contribution in [3.8, 4) is 0 Å². The summed E-state index contributed by atoms with van der Waals surface area (Å²) in [5.74, 6) is 1.08. The highest BCUT2D eigenvalue weighted by Gasteiger charge is 2.09. The van der Waals surface area contributed by atoms with E-state index in [-0.39, 0.29) is 6.04 Å². The topological polar surface area (TPSA) is 29.9 Å². The first-order valence-corrected chi connectivity index (χ1v) is 6.99. The maximum atomic E-state index is 6.35. The molecule has 1 unspecified atom stereocenters. The van der Waals surface area contributed by atoms with Crippen LogP contribution in [0.25, 0.3) is 0 Å². The van der Waals surface area contributed by atoms with E-state index in [2.05, 4.69) is 40.8 Å². The first-order valence-electron chi connectivity index (χ1n) is 6.61. The average Bonchev–Trinajstić information content (AvgIpc) is 2.85. The lowest BCUT2D eigenvalue weighted by atomic mass is 10.0. The monoisotopic (exact) mass is 277 g/mol. The third kappa shape index (κ3) is 3.17. The quantitative estimate of drug-likeness (QED) is 0.907. The molecule has 0 aliphatic carbocycles. The van der Waals surface area contributed by atoms with E-state index >= 15 is 0 Å². The van der Waals surface area contributed by atoms with Crippen molar-refractivity contribution in [2.75, 3.05) is 7.05 Å². The van der Waals surface area contributed by atoms with Crippen molar-refractivity contribution in [1.82, 2.24) is 14.9 Å². The molecule has 19 heavy (non-hydrogen) atoms. The molecule has 0 aliphatic rings. The van der Waals surface area contributed by atoms with Crippen LogP contribution in [0.15, 0.2) is 30.6 Å². The van der Waals surface area contributed by atoms with Gasteiger partial charge in [0.05, 0.1) is 0 Å². The summed E-state index contributed by atoms with van der Waals surface area (Å²) in [6.45, 7) is 5.17. The number of halogens is 1. The lowest BCUT2D eigenvalue weighted by Crippen LogP contribution is -2.12. The standard InChI is InChI=1S/C15H20ClN3/c1-4-19-8-7-18-15(19)10-12-5-6-13(11(2)17-3)14(16)9-12/h5-9,11,17H,4,10H2,1-3H3. The summed E-state index contributed by atoms with van der Waals surface area (Å²) >= 11 is 6.35. The molecule has 0 spiro atoms. The summed E-state index contributed by atoms with van der Waals surface area (Å²) in [4.78, 5) is 4.39. The normalized spacial score (nSPS) is 12.6. The SMILES string of the molecule is CCn1ccnc1Cc1ccc(C(C)NC)c(Cl)c1. The molecule has 4 heteroatoms. The Morgan fingerprint density at radius 1 is 1.42 bits per heavy atom. The van der Waals surface area contributed by atoms with Gasteiger partial charge in [0.25, 0.3) is 0 Å². The van der Waals surface area contributed by atoms with Gasteiger partial charge in [-0.2, -0.15) is 0 Å². The fraction of sp³-hybridized carbons (Fsp3) is 0.400. The number of aryl methyl sites for hydroxylation is 1. The predicted octanol–water partition coefficient (Wildman–Crippen LogP) is 3.43. The zero-order chi connectivity index (χ0) is 13.8. The zero-order valence-corrected chi connectivity index (χ0v) is 12.4. The molecule has 0 saturated heterocycles. The van der Waals surface area contributed by atoms with Crippen molar-refractivity contribution in [1.29, 1.82) is 0 Å². The lowest BCUT2D eigenvalue weighted by molar-refractivity contribution is 0.652. The van der Waals surface area contributed by atoms with Gasteiger partial charge in [-0.25, -0.2) is 4.98 Å². The average molecular weight is 278 g/mol. The van der Waals surface area contributed by atoms with Crippen molar-refractivity contribution in [2.45, 2.75) is 32.9 Å². The van der Waals surface area contributed by atoms with Crippen LogP contribution < -0.4 is 5.32 Å². The Bertz CT molecular complexity index is 548. The van der Waals surface area contributed by atoms with Crippen molar-refractivity contribution >= 4 is 11.6 Å². The molecule has 3 nitrogen and oxygen atoms in total. The summed E-state index contributed by atoms with van der Waals surface area (Å²) < 4.78 is 2.15. The summed E-state index contributed by atoms with van der Waals surface area (Å²) in [6.07, 6.45) is 4.67. The van der Waals surface area contributed by atoms with Gasteiger partial charge in [0, 0.05) is 36.4 Å². The minimum atomic E-state index is 0.263. The van der Waals surface area contributed by atoms with Crippen molar-refractivity contribution in [2.24, 2.45) is 0 Å². The minimum Gasteiger partial charge on any atom is -0.335 e. The van der Waals surface area contributed by atoms with Crippen LogP contribution in [0, 0.1) is 0 Å². The number of rotatable bonds is 5. The molecule has 0 amide bonds. The summed E-state index contributed by atoms with van der Waals surface area (Å²) in [5, 5.41) is 4.02. The van der Waals surface area contributed by atoms with Crippen LogP contribution in [0.2, 0.25) is 5.02 Å². The van der Waals surface area contributed by atoms with Gasteiger partial charge in [0.15, 0.2) is 0 Å². The second-order valence-corrected chi connectivity index (χ2v) is 5.08. The predicted molar refractivity (Wildman–Crippen MR) is 79.6 cm³/mol. The van der Waals surface area contributed by atoms with Crippen molar-refractivity contribution in [3.63, 3.8) is 0 Å². The van der Waals surface area contributed by atoms with Gasteiger partial charge < -0.3 is 9.88 Å². The molecule has 1 aromatic carbocycles. The fourth-order valence-electron chi connectivity index (χ4n) is 2.16. The minimum absolute atomic E-state index is 0.263. The first kappa shape index (κ1) is 14.1. The molecular formula is C15H20ClN3. The fourth-order valence-corrected chi connectivity index (χ4v) is 2.53. The highest BCUT2D eigenvalue weighted by molar-refractivity contribution is 6.31. The van der Waals surface area contributed by atoms with E-state index in [0.717, 1.165) is 29.4 Å². The molecule has 102 valence electrons. The molecule has 0 bridgehead atoms. The van der Waals surface area contributed by atoms with E-state index in [1.807, 2.05) is 25.5 Å². The van der Waals surface area contributed by atoms with Crippen LogP contribution in [0.4, 0.5) is 0 Å². The Morgan fingerprint density at radius 2 is 2.21 bits per heavy atom. The number of benzene rings is 1. The molecule has 1 aromatic heterocycles. The summed E-state index contributed by atoms with van der Waals surface area (Å²) in [6, 6.07) is 6.53. The summed E-state index contributed by atoms with van der Waals surface area (Å²) in [5.41, 5.74) is 2.32. The van der Waals surface area contributed by atoms with Crippen molar-refractivity contribution in [3.05, 3.63) is 52.6 Å². The molecular weight excluding hydrogens is 258 g/mol. The molecule has 2 rings (SSSR count). The number of hydrogen-bond donors (Lipinski definition) is 1. The molecule has 0 fully saturated rings. The van der Waals surface area contributed by atoms with E-state index in [9.17, 15) is 0 Å². The maximum absolute atomic E-state index is 6.35.